The van der Waals surface area contributed by atoms with Crippen molar-refractivity contribution in [3.63, 3.8) is 0 Å². The number of methoxy groups -OCH3 is 2. The van der Waals surface area contributed by atoms with Gasteiger partial charge in [0.05, 0.1) is 24.3 Å². The van der Waals surface area contributed by atoms with Gasteiger partial charge in [-0.05, 0) is 49.7 Å². The van der Waals surface area contributed by atoms with Crippen LogP contribution in [0.4, 0.5) is 5.69 Å². The Morgan fingerprint density at radius 3 is 2.24 bits per heavy atom. The van der Waals surface area contributed by atoms with E-state index in [0.29, 0.717) is 16.9 Å². The fourth-order valence-electron chi connectivity index (χ4n) is 4.00. The summed E-state index contributed by atoms with van der Waals surface area (Å²) in [5.41, 5.74) is 2.66. The smallest absolute Gasteiger partial charge is 0.268 e. The lowest BCUT2D eigenvalue weighted by atomic mass is 10.1. The first-order valence-electron chi connectivity index (χ1n) is 11.7. The van der Waals surface area contributed by atoms with Gasteiger partial charge in [0.1, 0.15) is 0 Å². The van der Waals surface area contributed by atoms with Crippen LogP contribution in [0.5, 0.6) is 11.5 Å². The number of aromatic nitrogens is 1. The number of aryl methyl sites for hydroxylation is 1. The zero-order valence-electron chi connectivity index (χ0n) is 20.6. The number of nitrogens with zero attached hydrogens (tertiary/aromatic N) is 3. The van der Waals surface area contributed by atoms with E-state index in [9.17, 15) is 4.79 Å². The summed E-state index contributed by atoms with van der Waals surface area (Å²) >= 11 is 1.51. The van der Waals surface area contributed by atoms with Crippen LogP contribution in [0.2, 0.25) is 0 Å². The largest absolute Gasteiger partial charge is 0.493 e. The molecule has 7 heteroatoms. The molecule has 2 aromatic carbocycles. The highest BCUT2D eigenvalue weighted by Crippen LogP contribution is 2.32. The Kier molecular flexibility index (Phi) is 9.21. The molecule has 0 saturated heterocycles. The summed E-state index contributed by atoms with van der Waals surface area (Å²) in [6.07, 6.45) is 4.50. The van der Waals surface area contributed by atoms with Crippen LogP contribution >= 0.6 is 11.5 Å². The minimum Gasteiger partial charge on any atom is -0.493 e. The van der Waals surface area contributed by atoms with Crippen molar-refractivity contribution >= 4 is 27.3 Å². The van der Waals surface area contributed by atoms with Crippen LogP contribution in [-0.4, -0.2) is 50.3 Å². The third kappa shape index (κ3) is 6.51. The maximum absolute atomic E-state index is 12.7. The van der Waals surface area contributed by atoms with Gasteiger partial charge in [-0.2, -0.15) is 0 Å². The average Bonchev–Trinajstić information content (AvgIpc) is 3.14. The van der Waals surface area contributed by atoms with Crippen molar-refractivity contribution < 1.29 is 9.47 Å². The molecule has 180 valence electrons. The number of ether oxygens (including phenoxy) is 2. The molecule has 0 unspecified atom stereocenters. The summed E-state index contributed by atoms with van der Waals surface area (Å²) in [7, 11) is 7.34. The number of unbranched alkanes of at least 4 members (excludes halogenated alkanes) is 3. The van der Waals surface area contributed by atoms with Gasteiger partial charge in [0.2, 0.25) is 0 Å². The molecule has 6 nitrogen and oxygen atoms in total. The Morgan fingerprint density at radius 1 is 0.939 bits per heavy atom. The van der Waals surface area contributed by atoms with E-state index in [2.05, 4.69) is 55.1 Å². The maximum atomic E-state index is 12.7. The molecular weight excluding hydrogens is 434 g/mol. The number of benzene rings is 2. The van der Waals surface area contributed by atoms with Gasteiger partial charge >= 0.3 is 0 Å². The van der Waals surface area contributed by atoms with Crippen LogP contribution in [-0.2, 0) is 13.1 Å². The summed E-state index contributed by atoms with van der Waals surface area (Å²) in [6, 6.07) is 12.5. The number of rotatable bonds is 13. The molecule has 0 aliphatic rings. The maximum Gasteiger partial charge on any atom is 0.268 e. The van der Waals surface area contributed by atoms with E-state index in [4.69, 9.17) is 9.47 Å². The van der Waals surface area contributed by atoms with E-state index in [1.54, 1.807) is 20.3 Å². The summed E-state index contributed by atoms with van der Waals surface area (Å²) in [6.45, 7) is 6.15. The van der Waals surface area contributed by atoms with E-state index >= 15 is 0 Å². The van der Waals surface area contributed by atoms with Gasteiger partial charge in [-0.25, -0.2) is 0 Å². The third-order valence-electron chi connectivity index (χ3n) is 6.04. The van der Waals surface area contributed by atoms with Gasteiger partial charge in [-0.15, -0.1) is 0 Å². The van der Waals surface area contributed by atoms with Crippen LogP contribution in [0.3, 0.4) is 0 Å². The normalized spacial score (nSPS) is 11.3. The van der Waals surface area contributed by atoms with Crippen molar-refractivity contribution in [3.8, 4) is 11.5 Å². The molecule has 0 spiro atoms. The highest BCUT2D eigenvalue weighted by molar-refractivity contribution is 7.13. The number of anilines is 1. The second kappa shape index (κ2) is 12.1. The summed E-state index contributed by atoms with van der Waals surface area (Å²) in [5.74, 6) is 1.26. The SMILES string of the molecule is CCN(CCCCCCn1sc2cc(OC)c(OC)cc2c1=O)Cc1ccc(N(C)C)cc1. The van der Waals surface area contributed by atoms with Crippen molar-refractivity contribution in [2.75, 3.05) is 46.3 Å². The molecule has 0 bridgehead atoms. The van der Waals surface area contributed by atoms with Crippen molar-refractivity contribution in [3.05, 3.63) is 52.3 Å². The number of hydrogen-bond donors (Lipinski definition) is 0. The molecule has 0 saturated carbocycles. The van der Waals surface area contributed by atoms with Gasteiger partial charge in [-0.3, -0.25) is 13.7 Å². The van der Waals surface area contributed by atoms with Crippen LogP contribution in [0, 0.1) is 0 Å². The predicted octanol–water partition coefficient (Wildman–Crippen LogP) is 5.23. The van der Waals surface area contributed by atoms with Crippen LogP contribution in [0.1, 0.15) is 38.2 Å². The van der Waals surface area contributed by atoms with Crippen molar-refractivity contribution in [1.82, 2.24) is 8.86 Å². The monoisotopic (exact) mass is 471 g/mol. The van der Waals surface area contributed by atoms with Crippen molar-refractivity contribution in [2.24, 2.45) is 0 Å². The Morgan fingerprint density at radius 2 is 1.61 bits per heavy atom. The Labute approximate surface area is 201 Å². The second-order valence-corrected chi connectivity index (χ2v) is 9.61. The molecule has 0 radical (unpaired) electrons. The van der Waals surface area contributed by atoms with Gasteiger partial charge in [-0.1, -0.05) is 43.4 Å². The molecule has 1 heterocycles. The van der Waals surface area contributed by atoms with Gasteiger partial charge < -0.3 is 14.4 Å². The van der Waals surface area contributed by atoms with Crippen LogP contribution in [0.25, 0.3) is 10.1 Å². The quantitative estimate of drug-likeness (QED) is 0.320. The standard InChI is InChI=1S/C26H37N3O3S/c1-6-28(19-20-11-13-21(14-12-20)27(2)3)15-9-7-8-10-16-29-26(30)22-17-23(31-4)24(32-5)18-25(22)33-29/h11-14,17-18H,6-10,15-16,19H2,1-5H3. The lowest BCUT2D eigenvalue weighted by molar-refractivity contribution is 0.272. The molecular formula is C26H37N3O3S. The molecule has 3 rings (SSSR count). The Bertz CT molecular complexity index is 1070. The molecule has 1 aromatic heterocycles. The van der Waals surface area contributed by atoms with Crippen LogP contribution in [0.15, 0.2) is 41.2 Å². The first-order chi connectivity index (χ1) is 16.0. The zero-order valence-corrected chi connectivity index (χ0v) is 21.4. The molecule has 33 heavy (non-hydrogen) atoms. The van der Waals surface area contributed by atoms with Gasteiger partial charge in [0, 0.05) is 38.9 Å². The van der Waals surface area contributed by atoms with E-state index in [1.807, 2.05) is 10.0 Å². The highest BCUT2D eigenvalue weighted by atomic mass is 32.1. The molecule has 0 fully saturated rings. The Hall–Kier alpha value is -2.51. The molecule has 3 aromatic rings. The molecule has 0 aliphatic carbocycles. The van der Waals surface area contributed by atoms with E-state index < -0.39 is 0 Å². The minimum absolute atomic E-state index is 0.0633. The number of hydrogen-bond acceptors (Lipinski definition) is 6. The lowest BCUT2D eigenvalue weighted by Gasteiger charge is -2.21. The van der Waals surface area contributed by atoms with Gasteiger partial charge in [0.15, 0.2) is 11.5 Å². The minimum atomic E-state index is 0.0633. The highest BCUT2D eigenvalue weighted by Gasteiger charge is 2.13. The van der Waals surface area contributed by atoms with E-state index in [0.717, 1.165) is 43.7 Å². The lowest BCUT2D eigenvalue weighted by Crippen LogP contribution is -2.24. The molecule has 0 amide bonds. The molecule has 0 N–H and O–H groups in total. The predicted molar refractivity (Wildman–Crippen MR) is 139 cm³/mol. The summed E-state index contributed by atoms with van der Waals surface area (Å²) < 4.78 is 13.5. The number of fused-ring (bicyclic) bond motifs is 1. The van der Waals surface area contributed by atoms with Crippen molar-refractivity contribution in [1.29, 1.82) is 0 Å². The third-order valence-corrected chi connectivity index (χ3v) is 7.15. The second-order valence-electron chi connectivity index (χ2n) is 8.55. The fourth-order valence-corrected chi connectivity index (χ4v) is 5.04. The van der Waals surface area contributed by atoms with Crippen LogP contribution < -0.4 is 19.9 Å². The first kappa shape index (κ1) is 25.1. The summed E-state index contributed by atoms with van der Waals surface area (Å²) in [5, 5.41) is 0.704. The van der Waals surface area contributed by atoms with E-state index in [-0.39, 0.29) is 5.56 Å². The zero-order chi connectivity index (χ0) is 23.8. The Balaban J connectivity index is 1.44. The fraction of sp³-hybridized carbons (Fsp3) is 0.500. The summed E-state index contributed by atoms with van der Waals surface area (Å²) in [4.78, 5) is 17.4. The molecule has 0 aliphatic heterocycles. The van der Waals surface area contributed by atoms with Crippen molar-refractivity contribution in [2.45, 2.75) is 45.7 Å². The van der Waals surface area contributed by atoms with E-state index in [1.165, 1.54) is 35.6 Å². The average molecular weight is 472 g/mol. The molecule has 0 atom stereocenters. The first-order valence-corrected chi connectivity index (χ1v) is 12.5. The van der Waals surface area contributed by atoms with Gasteiger partial charge in [0.25, 0.3) is 5.56 Å². The topological polar surface area (TPSA) is 46.9 Å².